The van der Waals surface area contributed by atoms with Gasteiger partial charge in [0.1, 0.15) is 0 Å². The molecule has 1 rings (SSSR count). The van der Waals surface area contributed by atoms with E-state index in [4.69, 9.17) is 11.6 Å². The van der Waals surface area contributed by atoms with E-state index in [2.05, 4.69) is 18.7 Å². The van der Waals surface area contributed by atoms with Crippen molar-refractivity contribution in [2.75, 3.05) is 19.6 Å². The molecule has 0 aliphatic rings. The Morgan fingerprint density at radius 1 is 1.33 bits per heavy atom. The second kappa shape index (κ2) is 7.78. The van der Waals surface area contributed by atoms with E-state index in [1.165, 1.54) is 12.8 Å². The van der Waals surface area contributed by atoms with Crippen LogP contribution >= 0.6 is 11.6 Å². The monoisotopic (exact) mass is 269 g/mol. The Labute approximate surface area is 116 Å². The summed E-state index contributed by atoms with van der Waals surface area (Å²) in [4.78, 5) is 2.29. The first-order valence-electron chi connectivity index (χ1n) is 6.75. The van der Waals surface area contributed by atoms with Gasteiger partial charge in [0.2, 0.25) is 0 Å². The SMILES string of the molecule is CCCCN(CC)CC(O)c1ccc(Cl)c(C)c1. The Morgan fingerprint density at radius 2 is 2.06 bits per heavy atom. The molecule has 0 spiro atoms. The predicted molar refractivity (Wildman–Crippen MR) is 78.2 cm³/mol. The first kappa shape index (κ1) is 15.5. The minimum atomic E-state index is -0.433. The standard InChI is InChI=1S/C15H24ClNO/c1-4-6-9-17(5-2)11-15(18)13-7-8-14(16)12(3)10-13/h7-8,10,15,18H,4-6,9,11H2,1-3H3. The van der Waals surface area contributed by atoms with Crippen molar-refractivity contribution in [1.82, 2.24) is 4.90 Å². The van der Waals surface area contributed by atoms with E-state index >= 15 is 0 Å². The normalized spacial score (nSPS) is 13.0. The molecule has 0 heterocycles. The van der Waals surface area contributed by atoms with Crippen LogP contribution in [0.5, 0.6) is 0 Å². The molecule has 0 saturated heterocycles. The number of halogens is 1. The van der Waals surface area contributed by atoms with E-state index < -0.39 is 6.10 Å². The summed E-state index contributed by atoms with van der Waals surface area (Å²) in [6.45, 7) is 9.01. The highest BCUT2D eigenvalue weighted by molar-refractivity contribution is 6.31. The Kier molecular flexibility index (Phi) is 6.69. The lowest BCUT2D eigenvalue weighted by molar-refractivity contribution is 0.115. The van der Waals surface area contributed by atoms with Crippen LogP contribution in [0.2, 0.25) is 5.02 Å². The summed E-state index contributed by atoms with van der Waals surface area (Å²) < 4.78 is 0. The van der Waals surface area contributed by atoms with Crippen LogP contribution in [0.4, 0.5) is 0 Å². The lowest BCUT2D eigenvalue weighted by atomic mass is 10.1. The largest absolute Gasteiger partial charge is 0.387 e. The molecule has 0 bridgehead atoms. The molecule has 102 valence electrons. The molecule has 0 fully saturated rings. The number of rotatable bonds is 7. The number of unbranched alkanes of at least 4 members (excludes halogenated alkanes) is 1. The summed E-state index contributed by atoms with van der Waals surface area (Å²) in [6.07, 6.45) is 1.94. The third-order valence-electron chi connectivity index (χ3n) is 3.27. The van der Waals surface area contributed by atoms with E-state index in [1.807, 2.05) is 25.1 Å². The van der Waals surface area contributed by atoms with Crippen molar-refractivity contribution in [1.29, 1.82) is 0 Å². The Hall–Kier alpha value is -0.570. The number of nitrogens with zero attached hydrogens (tertiary/aromatic N) is 1. The third kappa shape index (κ3) is 4.60. The molecule has 1 unspecified atom stereocenters. The van der Waals surface area contributed by atoms with E-state index in [-0.39, 0.29) is 0 Å². The number of aryl methyl sites for hydroxylation is 1. The smallest absolute Gasteiger partial charge is 0.0917 e. The summed E-state index contributed by atoms with van der Waals surface area (Å²) in [7, 11) is 0. The molecule has 1 atom stereocenters. The fourth-order valence-corrected chi connectivity index (χ4v) is 2.10. The number of benzene rings is 1. The van der Waals surface area contributed by atoms with Crippen molar-refractivity contribution in [3.8, 4) is 0 Å². The molecule has 0 aromatic heterocycles. The number of aliphatic hydroxyl groups excluding tert-OH is 1. The van der Waals surface area contributed by atoms with E-state index in [0.29, 0.717) is 6.54 Å². The van der Waals surface area contributed by atoms with E-state index in [1.54, 1.807) is 0 Å². The molecular formula is C15H24ClNO. The van der Waals surface area contributed by atoms with E-state index in [0.717, 1.165) is 29.2 Å². The van der Waals surface area contributed by atoms with Gasteiger partial charge in [0.05, 0.1) is 6.10 Å². The number of likely N-dealkylation sites (N-methyl/N-ethyl adjacent to an activating group) is 1. The van der Waals surface area contributed by atoms with Crippen LogP contribution in [0.1, 0.15) is 43.9 Å². The molecule has 1 N–H and O–H groups in total. The topological polar surface area (TPSA) is 23.5 Å². The van der Waals surface area contributed by atoms with Gasteiger partial charge in [0, 0.05) is 11.6 Å². The first-order valence-corrected chi connectivity index (χ1v) is 7.12. The molecule has 1 aromatic rings. The number of hydrogen-bond acceptors (Lipinski definition) is 2. The lowest BCUT2D eigenvalue weighted by Crippen LogP contribution is -2.29. The molecule has 2 nitrogen and oxygen atoms in total. The molecule has 0 saturated carbocycles. The van der Waals surface area contributed by atoms with Crippen LogP contribution in [0.25, 0.3) is 0 Å². The maximum Gasteiger partial charge on any atom is 0.0917 e. The zero-order valence-electron chi connectivity index (χ0n) is 11.6. The molecule has 0 amide bonds. The van der Waals surface area contributed by atoms with Crippen LogP contribution in [0, 0.1) is 6.92 Å². The van der Waals surface area contributed by atoms with Gasteiger partial charge in [-0.25, -0.2) is 0 Å². The maximum atomic E-state index is 10.3. The van der Waals surface area contributed by atoms with Crippen molar-refractivity contribution >= 4 is 11.6 Å². The summed E-state index contributed by atoms with van der Waals surface area (Å²) in [6, 6.07) is 5.74. The molecule has 1 aromatic carbocycles. The molecule has 0 radical (unpaired) electrons. The molecule has 0 aliphatic heterocycles. The van der Waals surface area contributed by atoms with Gasteiger partial charge in [-0.05, 0) is 43.6 Å². The number of aliphatic hydroxyl groups is 1. The third-order valence-corrected chi connectivity index (χ3v) is 3.70. The zero-order valence-corrected chi connectivity index (χ0v) is 12.4. The van der Waals surface area contributed by atoms with Crippen LogP contribution in [0.15, 0.2) is 18.2 Å². The molecular weight excluding hydrogens is 246 g/mol. The fourth-order valence-electron chi connectivity index (χ4n) is 1.99. The van der Waals surface area contributed by atoms with Crippen molar-refractivity contribution in [2.45, 2.75) is 39.7 Å². The fraction of sp³-hybridized carbons (Fsp3) is 0.600. The van der Waals surface area contributed by atoms with Crippen molar-refractivity contribution in [2.24, 2.45) is 0 Å². The van der Waals surface area contributed by atoms with Gasteiger partial charge in [0.25, 0.3) is 0 Å². The highest BCUT2D eigenvalue weighted by atomic mass is 35.5. The van der Waals surface area contributed by atoms with E-state index in [9.17, 15) is 5.11 Å². The molecule has 18 heavy (non-hydrogen) atoms. The Balaban J connectivity index is 2.62. The summed E-state index contributed by atoms with van der Waals surface area (Å²) in [5.41, 5.74) is 1.97. The minimum Gasteiger partial charge on any atom is -0.387 e. The van der Waals surface area contributed by atoms with Crippen LogP contribution < -0.4 is 0 Å². The van der Waals surface area contributed by atoms with Gasteiger partial charge in [-0.2, -0.15) is 0 Å². The Morgan fingerprint density at radius 3 is 2.61 bits per heavy atom. The van der Waals surface area contributed by atoms with Crippen molar-refractivity contribution in [3.63, 3.8) is 0 Å². The predicted octanol–water partition coefficient (Wildman–Crippen LogP) is 3.80. The van der Waals surface area contributed by atoms with Gasteiger partial charge in [-0.3, -0.25) is 0 Å². The van der Waals surface area contributed by atoms with Gasteiger partial charge < -0.3 is 10.0 Å². The lowest BCUT2D eigenvalue weighted by Gasteiger charge is -2.23. The van der Waals surface area contributed by atoms with Gasteiger partial charge in [-0.15, -0.1) is 0 Å². The van der Waals surface area contributed by atoms with Crippen LogP contribution in [0.3, 0.4) is 0 Å². The van der Waals surface area contributed by atoms with Crippen LogP contribution in [-0.2, 0) is 0 Å². The minimum absolute atomic E-state index is 0.433. The molecule has 3 heteroatoms. The quantitative estimate of drug-likeness (QED) is 0.814. The van der Waals surface area contributed by atoms with Crippen molar-refractivity contribution < 1.29 is 5.11 Å². The zero-order chi connectivity index (χ0) is 13.5. The molecule has 0 aliphatic carbocycles. The van der Waals surface area contributed by atoms with Crippen LogP contribution in [-0.4, -0.2) is 29.6 Å². The average Bonchev–Trinajstić information content (AvgIpc) is 2.37. The summed E-state index contributed by atoms with van der Waals surface area (Å²) in [5.74, 6) is 0. The maximum absolute atomic E-state index is 10.3. The highest BCUT2D eigenvalue weighted by Crippen LogP contribution is 2.21. The van der Waals surface area contributed by atoms with Gasteiger partial charge in [-0.1, -0.05) is 44.0 Å². The second-order valence-corrected chi connectivity index (χ2v) is 5.18. The second-order valence-electron chi connectivity index (χ2n) is 4.77. The summed E-state index contributed by atoms with van der Waals surface area (Å²) >= 11 is 5.99. The number of hydrogen-bond donors (Lipinski definition) is 1. The van der Waals surface area contributed by atoms with Gasteiger partial charge >= 0.3 is 0 Å². The Bertz CT molecular complexity index is 368. The highest BCUT2D eigenvalue weighted by Gasteiger charge is 2.12. The summed E-state index contributed by atoms with van der Waals surface area (Å²) in [5, 5.41) is 11.0. The van der Waals surface area contributed by atoms with Crippen molar-refractivity contribution in [3.05, 3.63) is 34.3 Å². The average molecular weight is 270 g/mol. The van der Waals surface area contributed by atoms with Gasteiger partial charge in [0.15, 0.2) is 0 Å². The first-order chi connectivity index (χ1) is 8.58.